The van der Waals surface area contributed by atoms with E-state index >= 15 is 0 Å². The van der Waals surface area contributed by atoms with Gasteiger partial charge in [0, 0.05) is 11.1 Å². The van der Waals surface area contributed by atoms with Crippen molar-refractivity contribution in [2.24, 2.45) is 5.73 Å². The van der Waals surface area contributed by atoms with Crippen LogP contribution in [0.5, 0.6) is 0 Å². The number of benzene rings is 1. The largest absolute Gasteiger partial charge is 0.330 e. The quantitative estimate of drug-likeness (QED) is 0.838. The Hall–Kier alpha value is -1.32. The second-order valence-electron chi connectivity index (χ2n) is 3.75. The van der Waals surface area contributed by atoms with Crippen molar-refractivity contribution in [3.8, 4) is 0 Å². The van der Waals surface area contributed by atoms with Crippen molar-refractivity contribution in [2.75, 3.05) is 6.54 Å². The third-order valence-corrected chi connectivity index (χ3v) is 2.49. The van der Waals surface area contributed by atoms with Crippen LogP contribution in [-0.2, 0) is 6.42 Å². The summed E-state index contributed by atoms with van der Waals surface area (Å²) in [4.78, 5) is 14.5. The fourth-order valence-electron chi connectivity index (χ4n) is 1.70. The Balaban J connectivity index is 0.00000128. The Morgan fingerprint density at radius 2 is 2.06 bits per heavy atom. The van der Waals surface area contributed by atoms with Crippen LogP contribution in [0.1, 0.15) is 11.1 Å². The molecule has 2 rings (SSSR count). The smallest absolute Gasteiger partial charge is 0.251 e. The number of H-pyrrole nitrogens is 1. The van der Waals surface area contributed by atoms with Crippen LogP contribution in [0.15, 0.2) is 29.1 Å². The van der Waals surface area contributed by atoms with Gasteiger partial charge in [-0.3, -0.25) is 4.79 Å². The molecule has 0 saturated heterocycles. The first-order valence-electron chi connectivity index (χ1n) is 5.03. The lowest BCUT2D eigenvalue weighted by Gasteiger charge is -2.02. The van der Waals surface area contributed by atoms with E-state index in [-0.39, 0.29) is 18.0 Å². The number of aromatic nitrogens is 1. The highest BCUT2D eigenvalue weighted by molar-refractivity contribution is 5.85. The molecule has 1 aromatic heterocycles. The topological polar surface area (TPSA) is 58.9 Å². The Bertz CT molecular complexity index is 548. The Kier molecular flexibility index (Phi) is 4.10. The minimum Gasteiger partial charge on any atom is -0.330 e. The fourth-order valence-corrected chi connectivity index (χ4v) is 1.70. The number of hydrogen-bond acceptors (Lipinski definition) is 2. The molecule has 0 aliphatic carbocycles. The molecule has 0 atom stereocenters. The van der Waals surface area contributed by atoms with Gasteiger partial charge in [-0.15, -0.1) is 12.4 Å². The number of rotatable bonds is 2. The van der Waals surface area contributed by atoms with Crippen LogP contribution in [0.3, 0.4) is 0 Å². The van der Waals surface area contributed by atoms with E-state index in [0.717, 1.165) is 22.0 Å². The maximum absolute atomic E-state index is 11.6. The van der Waals surface area contributed by atoms with Gasteiger partial charge < -0.3 is 10.7 Å². The first-order valence-corrected chi connectivity index (χ1v) is 5.03. The molecule has 0 radical (unpaired) electrons. The number of halogens is 1. The van der Waals surface area contributed by atoms with Crippen molar-refractivity contribution in [3.63, 3.8) is 0 Å². The summed E-state index contributed by atoms with van der Waals surface area (Å²) in [6.07, 6.45) is 0.624. The van der Waals surface area contributed by atoms with Crippen LogP contribution >= 0.6 is 12.4 Å². The maximum atomic E-state index is 11.6. The Morgan fingerprint density at radius 1 is 1.31 bits per heavy atom. The molecule has 16 heavy (non-hydrogen) atoms. The van der Waals surface area contributed by atoms with Gasteiger partial charge in [0.25, 0.3) is 5.56 Å². The van der Waals surface area contributed by atoms with Crippen LogP contribution < -0.4 is 11.3 Å². The van der Waals surface area contributed by atoms with Gasteiger partial charge in [0.15, 0.2) is 0 Å². The van der Waals surface area contributed by atoms with Gasteiger partial charge >= 0.3 is 0 Å². The first-order chi connectivity index (χ1) is 7.20. The fraction of sp³-hybridized carbons (Fsp3) is 0.250. The average Bonchev–Trinajstić information content (AvgIpc) is 2.20. The second kappa shape index (κ2) is 5.14. The van der Waals surface area contributed by atoms with Gasteiger partial charge in [0.05, 0.1) is 0 Å². The first kappa shape index (κ1) is 12.7. The molecule has 0 bridgehead atoms. The molecule has 3 N–H and O–H groups in total. The van der Waals surface area contributed by atoms with Gasteiger partial charge in [-0.2, -0.15) is 0 Å². The van der Waals surface area contributed by atoms with Crippen molar-refractivity contribution in [1.29, 1.82) is 0 Å². The van der Waals surface area contributed by atoms with Gasteiger partial charge in [-0.25, -0.2) is 0 Å². The highest BCUT2D eigenvalue weighted by Gasteiger charge is 2.01. The van der Waals surface area contributed by atoms with Gasteiger partial charge in [-0.1, -0.05) is 12.1 Å². The molecular formula is C12H15ClN2O. The molecule has 4 heteroatoms. The summed E-state index contributed by atoms with van der Waals surface area (Å²) in [5.74, 6) is 0. The number of aromatic amines is 1. The van der Waals surface area contributed by atoms with E-state index in [2.05, 4.69) is 4.98 Å². The van der Waals surface area contributed by atoms with Crippen molar-refractivity contribution in [2.45, 2.75) is 13.3 Å². The molecule has 3 nitrogen and oxygen atoms in total. The van der Waals surface area contributed by atoms with E-state index in [0.29, 0.717) is 13.0 Å². The molecule has 0 amide bonds. The predicted octanol–water partition coefficient (Wildman–Crippen LogP) is 1.76. The number of fused-ring (bicyclic) bond motifs is 1. The standard InChI is InChI=1S/C12H14N2O.ClH/c1-8-2-3-9-7-10(4-5-13)12(15)14-11(9)6-8;/h2-3,6-7H,4-5,13H2,1H3,(H,14,15);1H. The SMILES string of the molecule is Cc1ccc2cc(CCN)c(=O)[nH]c2c1.Cl. The number of aryl methyl sites for hydroxylation is 1. The zero-order valence-electron chi connectivity index (χ0n) is 9.12. The summed E-state index contributed by atoms with van der Waals surface area (Å²) >= 11 is 0. The van der Waals surface area contributed by atoms with Crippen molar-refractivity contribution < 1.29 is 0 Å². The minimum atomic E-state index is -0.0291. The molecule has 1 heterocycles. The van der Waals surface area contributed by atoms with Crippen LogP contribution in [0, 0.1) is 6.92 Å². The van der Waals surface area contributed by atoms with E-state index in [4.69, 9.17) is 5.73 Å². The van der Waals surface area contributed by atoms with Gasteiger partial charge in [-0.05, 0) is 43.0 Å². The van der Waals surface area contributed by atoms with Crippen molar-refractivity contribution in [3.05, 3.63) is 45.7 Å². The third kappa shape index (κ3) is 2.43. The zero-order chi connectivity index (χ0) is 10.8. The molecule has 0 aliphatic heterocycles. The van der Waals surface area contributed by atoms with Gasteiger partial charge in [0.1, 0.15) is 0 Å². The Labute approximate surface area is 100 Å². The van der Waals surface area contributed by atoms with Crippen LogP contribution in [0.4, 0.5) is 0 Å². The summed E-state index contributed by atoms with van der Waals surface area (Å²) in [5.41, 5.74) is 8.21. The molecule has 0 aliphatic rings. The molecule has 0 saturated carbocycles. The lowest BCUT2D eigenvalue weighted by atomic mass is 10.1. The third-order valence-electron chi connectivity index (χ3n) is 2.49. The van der Waals surface area contributed by atoms with E-state index in [1.165, 1.54) is 0 Å². The number of nitrogens with one attached hydrogen (secondary N) is 1. The second-order valence-corrected chi connectivity index (χ2v) is 3.75. The Morgan fingerprint density at radius 3 is 2.75 bits per heavy atom. The normalized spacial score (nSPS) is 10.1. The lowest BCUT2D eigenvalue weighted by molar-refractivity contribution is 0.949. The molecule has 1 aromatic carbocycles. The van der Waals surface area contributed by atoms with Crippen molar-refractivity contribution in [1.82, 2.24) is 4.98 Å². The van der Waals surface area contributed by atoms with Crippen LogP contribution in [-0.4, -0.2) is 11.5 Å². The lowest BCUT2D eigenvalue weighted by Crippen LogP contribution is -2.16. The van der Waals surface area contributed by atoms with Crippen LogP contribution in [0.2, 0.25) is 0 Å². The molecule has 0 unspecified atom stereocenters. The monoisotopic (exact) mass is 238 g/mol. The molecule has 2 aromatic rings. The minimum absolute atomic E-state index is 0. The summed E-state index contributed by atoms with van der Waals surface area (Å²) in [5, 5.41) is 1.06. The number of hydrogen-bond donors (Lipinski definition) is 2. The average molecular weight is 239 g/mol. The highest BCUT2D eigenvalue weighted by Crippen LogP contribution is 2.12. The summed E-state index contributed by atoms with van der Waals surface area (Å²) in [6.45, 7) is 2.51. The highest BCUT2D eigenvalue weighted by atomic mass is 35.5. The van der Waals surface area contributed by atoms with Crippen LogP contribution in [0.25, 0.3) is 10.9 Å². The molecular weight excluding hydrogens is 224 g/mol. The van der Waals surface area contributed by atoms with E-state index in [1.807, 2.05) is 31.2 Å². The summed E-state index contributed by atoms with van der Waals surface area (Å²) in [7, 11) is 0. The number of nitrogens with two attached hydrogens (primary N) is 1. The van der Waals surface area contributed by atoms with Gasteiger partial charge in [0.2, 0.25) is 0 Å². The molecule has 0 spiro atoms. The van der Waals surface area contributed by atoms with E-state index in [9.17, 15) is 4.79 Å². The number of pyridine rings is 1. The van der Waals surface area contributed by atoms with E-state index < -0.39 is 0 Å². The molecule has 0 fully saturated rings. The maximum Gasteiger partial charge on any atom is 0.251 e. The summed E-state index contributed by atoms with van der Waals surface area (Å²) in [6, 6.07) is 7.94. The summed E-state index contributed by atoms with van der Waals surface area (Å²) < 4.78 is 0. The van der Waals surface area contributed by atoms with Crippen molar-refractivity contribution >= 4 is 23.3 Å². The van der Waals surface area contributed by atoms with E-state index in [1.54, 1.807) is 0 Å². The predicted molar refractivity (Wildman–Crippen MR) is 69.3 cm³/mol. The zero-order valence-corrected chi connectivity index (χ0v) is 9.93. The molecule has 86 valence electrons.